The summed E-state index contributed by atoms with van der Waals surface area (Å²) in [6.07, 6.45) is 0.605. The molecule has 1 aromatic rings. The Morgan fingerprint density at radius 1 is 1.30 bits per heavy atom. The van der Waals surface area contributed by atoms with E-state index in [0.717, 1.165) is 37.7 Å². The second-order valence-electron chi connectivity index (χ2n) is 6.31. The van der Waals surface area contributed by atoms with Gasteiger partial charge in [-0.2, -0.15) is 0 Å². The zero-order valence-corrected chi connectivity index (χ0v) is 13.4. The van der Waals surface area contributed by atoms with Gasteiger partial charge in [0.15, 0.2) is 0 Å². The van der Waals surface area contributed by atoms with Gasteiger partial charge in [-0.1, -0.05) is 13.8 Å². The molecule has 114 valence electrons. The number of furan rings is 1. The molecule has 1 saturated heterocycles. The number of morpholine rings is 1. The minimum atomic E-state index is 0.303. The lowest BCUT2D eigenvalue weighted by atomic mass is 10.2. The third-order valence-corrected chi connectivity index (χ3v) is 3.62. The normalized spacial score (nSPS) is 24.5. The van der Waals surface area contributed by atoms with Crippen LogP contribution in [0.5, 0.6) is 0 Å². The molecule has 1 aromatic heterocycles. The summed E-state index contributed by atoms with van der Waals surface area (Å²) in [6, 6.07) is 2.64. The van der Waals surface area contributed by atoms with Gasteiger partial charge in [-0.05, 0) is 32.4 Å². The maximum Gasteiger partial charge on any atom is 0.120 e. The highest BCUT2D eigenvalue weighted by molar-refractivity contribution is 5.20. The van der Waals surface area contributed by atoms with Gasteiger partial charge in [0, 0.05) is 19.1 Å². The standard InChI is InChI=1S/C16H28N2O2/c1-11(2)17-7-16-12(3)6-15(20-16)10-18-8-13(4)19-14(5)9-18/h6,11,13-14,17H,7-10H2,1-5H3/t13-,14+. The molecule has 0 aliphatic carbocycles. The van der Waals surface area contributed by atoms with Crippen LogP contribution in [-0.2, 0) is 17.8 Å². The Labute approximate surface area is 122 Å². The molecule has 0 bridgehead atoms. The molecule has 0 radical (unpaired) electrons. The molecule has 1 aliphatic heterocycles. The summed E-state index contributed by atoms with van der Waals surface area (Å²) < 4.78 is 11.8. The summed E-state index contributed by atoms with van der Waals surface area (Å²) in [5.74, 6) is 2.12. The van der Waals surface area contributed by atoms with Crippen molar-refractivity contribution in [3.05, 3.63) is 23.2 Å². The van der Waals surface area contributed by atoms with E-state index in [1.807, 2.05) is 0 Å². The third-order valence-electron chi connectivity index (χ3n) is 3.62. The van der Waals surface area contributed by atoms with Crippen molar-refractivity contribution in [3.8, 4) is 0 Å². The smallest absolute Gasteiger partial charge is 0.120 e. The van der Waals surface area contributed by atoms with Gasteiger partial charge in [0.1, 0.15) is 11.5 Å². The quantitative estimate of drug-likeness (QED) is 0.900. The summed E-state index contributed by atoms with van der Waals surface area (Å²) in [5.41, 5.74) is 1.24. The zero-order valence-electron chi connectivity index (χ0n) is 13.4. The van der Waals surface area contributed by atoms with Crippen molar-refractivity contribution in [2.45, 2.75) is 66.0 Å². The number of hydrogen-bond acceptors (Lipinski definition) is 4. The molecule has 2 atom stereocenters. The van der Waals surface area contributed by atoms with Crippen molar-refractivity contribution in [2.75, 3.05) is 13.1 Å². The molecule has 4 heteroatoms. The van der Waals surface area contributed by atoms with Crippen LogP contribution in [0.1, 0.15) is 44.8 Å². The van der Waals surface area contributed by atoms with Gasteiger partial charge in [0.05, 0.1) is 25.3 Å². The molecule has 2 rings (SSSR count). The van der Waals surface area contributed by atoms with E-state index >= 15 is 0 Å². The highest BCUT2D eigenvalue weighted by Crippen LogP contribution is 2.19. The maximum atomic E-state index is 5.99. The van der Waals surface area contributed by atoms with Crippen LogP contribution in [-0.4, -0.2) is 36.2 Å². The molecule has 1 aliphatic rings. The first-order valence-corrected chi connectivity index (χ1v) is 7.63. The minimum absolute atomic E-state index is 0.303. The summed E-state index contributed by atoms with van der Waals surface area (Å²) in [7, 11) is 0. The minimum Gasteiger partial charge on any atom is -0.463 e. The Hall–Kier alpha value is -0.840. The van der Waals surface area contributed by atoms with Gasteiger partial charge in [0.2, 0.25) is 0 Å². The van der Waals surface area contributed by atoms with Crippen LogP contribution in [0.3, 0.4) is 0 Å². The van der Waals surface area contributed by atoms with Gasteiger partial charge >= 0.3 is 0 Å². The Morgan fingerprint density at radius 3 is 2.55 bits per heavy atom. The molecular weight excluding hydrogens is 252 g/mol. The van der Waals surface area contributed by atoms with E-state index in [1.54, 1.807) is 0 Å². The molecule has 20 heavy (non-hydrogen) atoms. The highest BCUT2D eigenvalue weighted by atomic mass is 16.5. The predicted molar refractivity (Wildman–Crippen MR) is 80.7 cm³/mol. The van der Waals surface area contributed by atoms with Crippen LogP contribution < -0.4 is 5.32 Å². The Kier molecular flexibility index (Phi) is 5.24. The molecule has 0 aromatic carbocycles. The number of aryl methyl sites for hydroxylation is 1. The van der Waals surface area contributed by atoms with Gasteiger partial charge in [-0.3, -0.25) is 4.90 Å². The van der Waals surface area contributed by atoms with Crippen molar-refractivity contribution >= 4 is 0 Å². The largest absolute Gasteiger partial charge is 0.463 e. The highest BCUT2D eigenvalue weighted by Gasteiger charge is 2.23. The van der Waals surface area contributed by atoms with Crippen molar-refractivity contribution in [1.29, 1.82) is 0 Å². The van der Waals surface area contributed by atoms with Crippen LogP contribution in [0, 0.1) is 6.92 Å². The summed E-state index contributed by atoms with van der Waals surface area (Å²) >= 11 is 0. The molecular formula is C16H28N2O2. The second-order valence-corrected chi connectivity index (χ2v) is 6.31. The van der Waals surface area contributed by atoms with Gasteiger partial charge in [-0.25, -0.2) is 0 Å². The van der Waals surface area contributed by atoms with E-state index in [-0.39, 0.29) is 0 Å². The van der Waals surface area contributed by atoms with E-state index in [2.05, 4.69) is 50.9 Å². The first kappa shape index (κ1) is 15.5. The van der Waals surface area contributed by atoms with Crippen LogP contribution in [0.2, 0.25) is 0 Å². The number of nitrogens with zero attached hydrogens (tertiary/aromatic N) is 1. The molecule has 0 unspecified atom stereocenters. The van der Waals surface area contributed by atoms with Crippen LogP contribution in [0.4, 0.5) is 0 Å². The zero-order chi connectivity index (χ0) is 14.7. The van der Waals surface area contributed by atoms with Crippen LogP contribution >= 0.6 is 0 Å². The van der Waals surface area contributed by atoms with Gasteiger partial charge < -0.3 is 14.5 Å². The van der Waals surface area contributed by atoms with Crippen molar-refractivity contribution < 1.29 is 9.15 Å². The topological polar surface area (TPSA) is 37.6 Å². The Bertz CT molecular complexity index is 418. The second kappa shape index (κ2) is 6.74. The average molecular weight is 280 g/mol. The van der Waals surface area contributed by atoms with Crippen molar-refractivity contribution in [2.24, 2.45) is 0 Å². The van der Waals surface area contributed by atoms with E-state index < -0.39 is 0 Å². The molecule has 4 nitrogen and oxygen atoms in total. The van der Waals surface area contributed by atoms with Crippen LogP contribution in [0.25, 0.3) is 0 Å². The Balaban J connectivity index is 1.94. The SMILES string of the molecule is Cc1cc(CN2C[C@@H](C)O[C@@H](C)C2)oc1CNC(C)C. The molecule has 0 spiro atoms. The molecule has 1 fully saturated rings. The lowest BCUT2D eigenvalue weighted by molar-refractivity contribution is -0.0718. The van der Waals surface area contributed by atoms with Crippen molar-refractivity contribution in [3.63, 3.8) is 0 Å². The fourth-order valence-corrected chi connectivity index (χ4v) is 2.77. The molecule has 0 amide bonds. The van der Waals surface area contributed by atoms with E-state index in [4.69, 9.17) is 9.15 Å². The average Bonchev–Trinajstić information content (AvgIpc) is 2.65. The predicted octanol–water partition coefficient (Wildman–Crippen LogP) is 2.70. The first-order chi connectivity index (χ1) is 9.44. The number of ether oxygens (including phenoxy) is 1. The maximum absolute atomic E-state index is 5.99. The monoisotopic (exact) mass is 280 g/mol. The summed E-state index contributed by atoms with van der Waals surface area (Å²) in [4.78, 5) is 2.41. The molecule has 0 saturated carbocycles. The van der Waals surface area contributed by atoms with E-state index in [9.17, 15) is 0 Å². The lowest BCUT2D eigenvalue weighted by Gasteiger charge is -2.34. The van der Waals surface area contributed by atoms with Gasteiger partial charge in [-0.15, -0.1) is 0 Å². The van der Waals surface area contributed by atoms with E-state index in [0.29, 0.717) is 18.2 Å². The molecule has 1 N–H and O–H groups in total. The summed E-state index contributed by atoms with van der Waals surface area (Å²) in [6.45, 7) is 14.3. The summed E-state index contributed by atoms with van der Waals surface area (Å²) in [5, 5.41) is 3.41. The van der Waals surface area contributed by atoms with Gasteiger partial charge in [0.25, 0.3) is 0 Å². The fourth-order valence-electron chi connectivity index (χ4n) is 2.77. The Morgan fingerprint density at radius 2 is 1.95 bits per heavy atom. The fraction of sp³-hybridized carbons (Fsp3) is 0.750. The van der Waals surface area contributed by atoms with E-state index in [1.165, 1.54) is 5.56 Å². The number of rotatable bonds is 5. The first-order valence-electron chi connectivity index (χ1n) is 7.63. The molecule has 2 heterocycles. The number of nitrogens with one attached hydrogen (secondary N) is 1. The van der Waals surface area contributed by atoms with Crippen molar-refractivity contribution in [1.82, 2.24) is 10.2 Å². The van der Waals surface area contributed by atoms with Crippen LogP contribution in [0.15, 0.2) is 10.5 Å². The number of hydrogen-bond donors (Lipinski definition) is 1. The lowest BCUT2D eigenvalue weighted by Crippen LogP contribution is -2.44. The third kappa shape index (κ3) is 4.33.